The Morgan fingerprint density at radius 3 is 2.55 bits per heavy atom. The second kappa shape index (κ2) is 6.61. The standard InChI is InChI=1S/C14H10Br2ClNO2/c1-20-13-3-2-9(15)7-12(13)18-14(19)8-4-10(16)6-11(17)5-8/h2-7H,1H3,(H,18,19). The van der Waals surface area contributed by atoms with Gasteiger partial charge in [0.25, 0.3) is 5.91 Å². The van der Waals surface area contributed by atoms with E-state index in [1.54, 1.807) is 37.4 Å². The Morgan fingerprint density at radius 1 is 1.15 bits per heavy atom. The number of anilines is 1. The SMILES string of the molecule is COc1ccc(Br)cc1NC(=O)c1cc(Cl)cc(Br)c1. The van der Waals surface area contributed by atoms with Gasteiger partial charge in [-0.05, 0) is 36.4 Å². The zero-order valence-corrected chi connectivity index (χ0v) is 14.3. The van der Waals surface area contributed by atoms with E-state index in [0.717, 1.165) is 8.95 Å². The number of hydrogen-bond donors (Lipinski definition) is 1. The van der Waals surface area contributed by atoms with Crippen LogP contribution in [-0.4, -0.2) is 13.0 Å². The summed E-state index contributed by atoms with van der Waals surface area (Å²) in [5.74, 6) is 0.326. The Hall–Kier alpha value is -1.04. The van der Waals surface area contributed by atoms with Crippen molar-refractivity contribution in [2.45, 2.75) is 0 Å². The fourth-order valence-corrected chi connectivity index (χ4v) is 2.88. The normalized spacial score (nSPS) is 10.2. The van der Waals surface area contributed by atoms with Gasteiger partial charge in [-0.3, -0.25) is 4.79 Å². The predicted molar refractivity (Wildman–Crippen MR) is 87.8 cm³/mol. The van der Waals surface area contributed by atoms with E-state index in [-0.39, 0.29) is 5.91 Å². The third kappa shape index (κ3) is 3.75. The highest BCUT2D eigenvalue weighted by Gasteiger charge is 2.11. The van der Waals surface area contributed by atoms with E-state index in [0.29, 0.717) is 22.0 Å². The molecular weight excluding hydrogens is 409 g/mol. The van der Waals surface area contributed by atoms with Crippen LogP contribution in [0.5, 0.6) is 5.75 Å². The summed E-state index contributed by atoms with van der Waals surface area (Å²) in [6.45, 7) is 0. The molecule has 2 aromatic carbocycles. The molecule has 0 unspecified atom stereocenters. The molecule has 0 bridgehead atoms. The van der Waals surface area contributed by atoms with Gasteiger partial charge in [0, 0.05) is 19.5 Å². The van der Waals surface area contributed by atoms with E-state index < -0.39 is 0 Å². The molecule has 0 aromatic heterocycles. The number of amides is 1. The summed E-state index contributed by atoms with van der Waals surface area (Å²) >= 11 is 12.6. The average molecular weight is 420 g/mol. The lowest BCUT2D eigenvalue weighted by Gasteiger charge is -2.11. The zero-order valence-electron chi connectivity index (χ0n) is 10.4. The highest BCUT2D eigenvalue weighted by Crippen LogP contribution is 2.29. The first-order valence-corrected chi connectivity index (χ1v) is 7.57. The van der Waals surface area contributed by atoms with Gasteiger partial charge < -0.3 is 10.1 Å². The van der Waals surface area contributed by atoms with E-state index in [4.69, 9.17) is 16.3 Å². The molecule has 6 heteroatoms. The summed E-state index contributed by atoms with van der Waals surface area (Å²) in [5, 5.41) is 3.29. The van der Waals surface area contributed by atoms with Crippen molar-refractivity contribution in [3.63, 3.8) is 0 Å². The molecule has 0 aliphatic heterocycles. The van der Waals surface area contributed by atoms with Crippen LogP contribution in [0, 0.1) is 0 Å². The van der Waals surface area contributed by atoms with Crippen molar-refractivity contribution < 1.29 is 9.53 Å². The topological polar surface area (TPSA) is 38.3 Å². The molecule has 0 saturated heterocycles. The summed E-state index contributed by atoms with van der Waals surface area (Å²) in [5.41, 5.74) is 1.05. The first kappa shape index (κ1) is 15.4. The fourth-order valence-electron chi connectivity index (χ4n) is 1.66. The van der Waals surface area contributed by atoms with Crippen LogP contribution in [0.2, 0.25) is 5.02 Å². The molecule has 0 spiro atoms. The second-order valence-electron chi connectivity index (χ2n) is 3.96. The molecule has 104 valence electrons. The lowest BCUT2D eigenvalue weighted by Crippen LogP contribution is -2.12. The molecule has 0 heterocycles. The molecule has 1 amide bonds. The molecule has 0 aliphatic rings. The lowest BCUT2D eigenvalue weighted by atomic mass is 10.2. The number of hydrogen-bond acceptors (Lipinski definition) is 2. The Labute approximate surface area is 138 Å². The number of rotatable bonds is 3. The molecule has 0 fully saturated rings. The summed E-state index contributed by atoms with van der Waals surface area (Å²) in [6.07, 6.45) is 0. The minimum atomic E-state index is -0.260. The number of nitrogens with one attached hydrogen (secondary N) is 1. The van der Waals surface area contributed by atoms with E-state index >= 15 is 0 Å². The monoisotopic (exact) mass is 417 g/mol. The minimum Gasteiger partial charge on any atom is -0.495 e. The molecule has 3 nitrogen and oxygen atoms in total. The van der Waals surface area contributed by atoms with Crippen LogP contribution in [0.1, 0.15) is 10.4 Å². The van der Waals surface area contributed by atoms with Gasteiger partial charge >= 0.3 is 0 Å². The van der Waals surface area contributed by atoms with Crippen molar-refractivity contribution in [1.82, 2.24) is 0 Å². The fraction of sp³-hybridized carbons (Fsp3) is 0.0714. The Kier molecular flexibility index (Phi) is 5.07. The summed E-state index contributed by atoms with van der Waals surface area (Å²) < 4.78 is 6.81. The maximum atomic E-state index is 12.2. The molecule has 0 aliphatic carbocycles. The van der Waals surface area contributed by atoms with Crippen molar-refractivity contribution in [3.8, 4) is 5.75 Å². The first-order chi connectivity index (χ1) is 9.49. The van der Waals surface area contributed by atoms with Crippen molar-refractivity contribution in [3.05, 3.63) is 55.9 Å². The summed E-state index contributed by atoms with van der Waals surface area (Å²) in [7, 11) is 1.55. The molecule has 20 heavy (non-hydrogen) atoms. The Morgan fingerprint density at radius 2 is 1.90 bits per heavy atom. The third-order valence-corrected chi connectivity index (χ3v) is 3.70. The van der Waals surface area contributed by atoms with Crippen LogP contribution < -0.4 is 10.1 Å². The molecule has 0 atom stereocenters. The highest BCUT2D eigenvalue weighted by molar-refractivity contribution is 9.10. The number of methoxy groups -OCH3 is 1. The molecular formula is C14H10Br2ClNO2. The maximum absolute atomic E-state index is 12.2. The molecule has 2 rings (SSSR count). The van der Waals surface area contributed by atoms with Gasteiger partial charge in [-0.25, -0.2) is 0 Å². The molecule has 0 radical (unpaired) electrons. The van der Waals surface area contributed by atoms with Gasteiger partial charge in [0.05, 0.1) is 12.8 Å². The van der Waals surface area contributed by atoms with E-state index in [9.17, 15) is 4.79 Å². The van der Waals surface area contributed by atoms with Crippen LogP contribution in [0.15, 0.2) is 45.3 Å². The van der Waals surface area contributed by atoms with Crippen molar-refractivity contribution in [2.75, 3.05) is 12.4 Å². The molecule has 0 saturated carbocycles. The lowest BCUT2D eigenvalue weighted by molar-refractivity contribution is 0.102. The largest absolute Gasteiger partial charge is 0.495 e. The summed E-state index contributed by atoms with van der Waals surface area (Å²) in [4.78, 5) is 12.2. The Bertz CT molecular complexity index is 641. The number of benzene rings is 2. The van der Waals surface area contributed by atoms with Gasteiger partial charge in [-0.1, -0.05) is 43.5 Å². The van der Waals surface area contributed by atoms with E-state index in [1.165, 1.54) is 0 Å². The smallest absolute Gasteiger partial charge is 0.255 e. The van der Waals surface area contributed by atoms with Crippen LogP contribution in [0.4, 0.5) is 5.69 Å². The third-order valence-electron chi connectivity index (χ3n) is 2.53. The average Bonchev–Trinajstić information content (AvgIpc) is 2.37. The molecule has 2 aromatic rings. The van der Waals surface area contributed by atoms with Crippen molar-refractivity contribution >= 4 is 55.1 Å². The van der Waals surface area contributed by atoms with Crippen LogP contribution >= 0.6 is 43.5 Å². The Balaban J connectivity index is 2.29. The van der Waals surface area contributed by atoms with Gasteiger partial charge in [0.1, 0.15) is 5.75 Å². The van der Waals surface area contributed by atoms with Gasteiger partial charge in [0.2, 0.25) is 0 Å². The van der Waals surface area contributed by atoms with Crippen molar-refractivity contribution in [1.29, 1.82) is 0 Å². The quantitative estimate of drug-likeness (QED) is 0.749. The van der Waals surface area contributed by atoms with E-state index in [2.05, 4.69) is 37.2 Å². The van der Waals surface area contributed by atoms with Crippen LogP contribution in [0.25, 0.3) is 0 Å². The zero-order chi connectivity index (χ0) is 14.7. The highest BCUT2D eigenvalue weighted by atomic mass is 79.9. The number of ether oxygens (including phenoxy) is 1. The number of carbonyl (C=O) groups is 1. The van der Waals surface area contributed by atoms with Gasteiger partial charge in [-0.2, -0.15) is 0 Å². The minimum absolute atomic E-state index is 0.260. The van der Waals surface area contributed by atoms with E-state index in [1.807, 2.05) is 6.07 Å². The number of carbonyl (C=O) groups excluding carboxylic acids is 1. The second-order valence-corrected chi connectivity index (χ2v) is 6.22. The van der Waals surface area contributed by atoms with Crippen LogP contribution in [-0.2, 0) is 0 Å². The van der Waals surface area contributed by atoms with Crippen molar-refractivity contribution in [2.24, 2.45) is 0 Å². The van der Waals surface area contributed by atoms with Gasteiger partial charge in [-0.15, -0.1) is 0 Å². The van der Waals surface area contributed by atoms with Crippen LogP contribution in [0.3, 0.4) is 0 Å². The van der Waals surface area contributed by atoms with Gasteiger partial charge in [0.15, 0.2) is 0 Å². The number of halogens is 3. The predicted octanol–water partition coefficient (Wildman–Crippen LogP) is 5.13. The maximum Gasteiger partial charge on any atom is 0.255 e. The molecule has 1 N–H and O–H groups in total. The first-order valence-electron chi connectivity index (χ1n) is 5.60. The summed E-state index contributed by atoms with van der Waals surface area (Å²) in [6, 6.07) is 10.4.